The third-order valence-electron chi connectivity index (χ3n) is 4.24. The van der Waals surface area contributed by atoms with E-state index in [4.69, 9.17) is 11.2 Å². The fourth-order valence-electron chi connectivity index (χ4n) is 2.96. The molecule has 0 amide bonds. The van der Waals surface area contributed by atoms with E-state index in [1.165, 1.54) is 25.7 Å². The SMILES string of the molecule is C#CC(CCC)NCC(O)COC1CCCCC1CC. The Hall–Kier alpha value is -0.560. The molecule has 0 heterocycles. The fourth-order valence-corrected chi connectivity index (χ4v) is 2.96. The smallest absolute Gasteiger partial charge is 0.0898 e. The molecule has 1 saturated carbocycles. The number of hydrogen-bond acceptors (Lipinski definition) is 3. The maximum atomic E-state index is 10.00. The van der Waals surface area contributed by atoms with Gasteiger partial charge in [0.05, 0.1) is 24.9 Å². The Labute approximate surface area is 124 Å². The van der Waals surface area contributed by atoms with Crippen molar-refractivity contribution < 1.29 is 9.84 Å². The van der Waals surface area contributed by atoms with Crippen LogP contribution in [-0.4, -0.2) is 36.5 Å². The van der Waals surface area contributed by atoms with Gasteiger partial charge in [-0.25, -0.2) is 0 Å². The number of ether oxygens (including phenoxy) is 1. The van der Waals surface area contributed by atoms with E-state index in [1.807, 2.05) is 0 Å². The van der Waals surface area contributed by atoms with Gasteiger partial charge in [-0.15, -0.1) is 6.42 Å². The Morgan fingerprint density at radius 2 is 2.10 bits per heavy atom. The first-order valence-electron chi connectivity index (χ1n) is 8.20. The van der Waals surface area contributed by atoms with Crippen LogP contribution in [-0.2, 0) is 4.74 Å². The number of aliphatic hydroxyl groups is 1. The minimum absolute atomic E-state index is 0.0627. The van der Waals surface area contributed by atoms with Crippen LogP contribution in [0.5, 0.6) is 0 Å². The van der Waals surface area contributed by atoms with Gasteiger partial charge in [0.15, 0.2) is 0 Å². The van der Waals surface area contributed by atoms with Gasteiger partial charge in [-0.1, -0.05) is 45.5 Å². The van der Waals surface area contributed by atoms with Crippen molar-refractivity contribution in [2.75, 3.05) is 13.2 Å². The highest BCUT2D eigenvalue weighted by Crippen LogP contribution is 2.29. The van der Waals surface area contributed by atoms with Crippen LogP contribution in [0.3, 0.4) is 0 Å². The quantitative estimate of drug-likeness (QED) is 0.639. The monoisotopic (exact) mass is 281 g/mol. The van der Waals surface area contributed by atoms with Gasteiger partial charge in [-0.2, -0.15) is 0 Å². The van der Waals surface area contributed by atoms with E-state index in [0.29, 0.717) is 25.2 Å². The van der Waals surface area contributed by atoms with Crippen LogP contribution < -0.4 is 5.32 Å². The molecule has 1 aliphatic carbocycles. The van der Waals surface area contributed by atoms with Gasteiger partial charge >= 0.3 is 0 Å². The molecule has 3 heteroatoms. The molecular weight excluding hydrogens is 250 g/mol. The minimum atomic E-state index is -0.470. The van der Waals surface area contributed by atoms with Crippen LogP contribution >= 0.6 is 0 Å². The summed E-state index contributed by atoms with van der Waals surface area (Å²) >= 11 is 0. The summed E-state index contributed by atoms with van der Waals surface area (Å²) in [6, 6.07) is 0.0627. The second kappa shape index (κ2) is 10.2. The Morgan fingerprint density at radius 3 is 2.75 bits per heavy atom. The van der Waals surface area contributed by atoms with E-state index >= 15 is 0 Å². The lowest BCUT2D eigenvalue weighted by Gasteiger charge is -2.31. The zero-order chi connectivity index (χ0) is 14.8. The summed E-state index contributed by atoms with van der Waals surface area (Å²) in [4.78, 5) is 0. The fraction of sp³-hybridized carbons (Fsp3) is 0.882. The van der Waals surface area contributed by atoms with E-state index < -0.39 is 6.10 Å². The van der Waals surface area contributed by atoms with Gasteiger partial charge in [0.2, 0.25) is 0 Å². The topological polar surface area (TPSA) is 41.5 Å². The molecule has 0 saturated heterocycles. The van der Waals surface area contributed by atoms with E-state index in [2.05, 4.69) is 25.1 Å². The molecule has 4 atom stereocenters. The molecule has 2 N–H and O–H groups in total. The molecule has 0 aromatic rings. The van der Waals surface area contributed by atoms with Crippen LogP contribution in [0.15, 0.2) is 0 Å². The lowest BCUT2D eigenvalue weighted by atomic mass is 9.85. The van der Waals surface area contributed by atoms with Crippen LogP contribution in [0, 0.1) is 18.3 Å². The molecule has 0 aromatic heterocycles. The van der Waals surface area contributed by atoms with Gasteiger partial charge in [0.25, 0.3) is 0 Å². The van der Waals surface area contributed by atoms with Crippen molar-refractivity contribution in [3.63, 3.8) is 0 Å². The number of rotatable bonds is 9. The van der Waals surface area contributed by atoms with E-state index in [9.17, 15) is 5.11 Å². The number of aliphatic hydroxyl groups excluding tert-OH is 1. The Morgan fingerprint density at radius 1 is 1.35 bits per heavy atom. The van der Waals surface area contributed by atoms with Crippen LogP contribution in [0.25, 0.3) is 0 Å². The molecule has 4 unspecified atom stereocenters. The van der Waals surface area contributed by atoms with Gasteiger partial charge in [0, 0.05) is 6.54 Å². The zero-order valence-electron chi connectivity index (χ0n) is 13.1. The second-order valence-electron chi connectivity index (χ2n) is 5.89. The first-order valence-corrected chi connectivity index (χ1v) is 8.20. The maximum absolute atomic E-state index is 10.00. The normalized spacial score (nSPS) is 25.9. The van der Waals surface area contributed by atoms with Gasteiger partial charge in [0.1, 0.15) is 0 Å². The molecule has 0 bridgehead atoms. The lowest BCUT2D eigenvalue weighted by molar-refractivity contribution is -0.0501. The summed E-state index contributed by atoms with van der Waals surface area (Å²) in [5.41, 5.74) is 0. The number of hydrogen-bond donors (Lipinski definition) is 2. The van der Waals surface area contributed by atoms with Crippen molar-refractivity contribution in [2.45, 2.75) is 77.0 Å². The molecule has 20 heavy (non-hydrogen) atoms. The van der Waals surface area contributed by atoms with Crippen molar-refractivity contribution >= 4 is 0 Å². The Kier molecular flexibility index (Phi) is 8.93. The van der Waals surface area contributed by atoms with Gasteiger partial charge in [-0.3, -0.25) is 0 Å². The largest absolute Gasteiger partial charge is 0.389 e. The molecule has 1 fully saturated rings. The summed E-state index contributed by atoms with van der Waals surface area (Å²) < 4.78 is 5.93. The third kappa shape index (κ3) is 6.26. The highest BCUT2D eigenvalue weighted by molar-refractivity contribution is 4.98. The van der Waals surface area contributed by atoms with Crippen LogP contribution in [0.1, 0.15) is 58.8 Å². The summed E-state index contributed by atoms with van der Waals surface area (Å²) in [6.45, 7) is 5.27. The molecule has 1 aliphatic rings. The molecule has 3 nitrogen and oxygen atoms in total. The zero-order valence-corrected chi connectivity index (χ0v) is 13.1. The molecular formula is C17H31NO2. The van der Waals surface area contributed by atoms with Gasteiger partial charge < -0.3 is 15.2 Å². The number of nitrogens with one attached hydrogen (secondary N) is 1. The van der Waals surface area contributed by atoms with E-state index in [1.54, 1.807) is 0 Å². The standard InChI is InChI=1S/C17H31NO2/c1-4-9-15(6-3)18-12-16(19)13-20-17-11-8-7-10-14(17)5-2/h3,14-19H,4-5,7-13H2,1-2H3. The molecule has 0 aliphatic heterocycles. The molecule has 0 radical (unpaired) electrons. The summed E-state index contributed by atoms with van der Waals surface area (Å²) in [6.07, 6.45) is 13.5. The van der Waals surface area contributed by atoms with E-state index in [-0.39, 0.29) is 6.04 Å². The van der Waals surface area contributed by atoms with Crippen LogP contribution in [0.4, 0.5) is 0 Å². The Bertz CT molecular complexity index is 287. The van der Waals surface area contributed by atoms with Crippen molar-refractivity contribution in [1.82, 2.24) is 5.32 Å². The first-order chi connectivity index (χ1) is 9.71. The van der Waals surface area contributed by atoms with Crippen molar-refractivity contribution in [1.29, 1.82) is 0 Å². The first kappa shape index (κ1) is 17.5. The second-order valence-corrected chi connectivity index (χ2v) is 5.89. The van der Waals surface area contributed by atoms with Crippen LogP contribution in [0.2, 0.25) is 0 Å². The minimum Gasteiger partial charge on any atom is -0.389 e. The predicted molar refractivity (Wildman–Crippen MR) is 83.5 cm³/mol. The summed E-state index contributed by atoms with van der Waals surface area (Å²) in [5, 5.41) is 13.2. The average Bonchev–Trinajstić information content (AvgIpc) is 2.49. The highest BCUT2D eigenvalue weighted by Gasteiger charge is 2.24. The predicted octanol–water partition coefficient (Wildman–Crippen LogP) is 2.72. The van der Waals surface area contributed by atoms with Crippen molar-refractivity contribution in [2.24, 2.45) is 5.92 Å². The lowest BCUT2D eigenvalue weighted by Crippen LogP contribution is -2.38. The maximum Gasteiger partial charge on any atom is 0.0898 e. The molecule has 0 aromatic carbocycles. The molecule has 0 spiro atoms. The summed E-state index contributed by atoms with van der Waals surface area (Å²) in [7, 11) is 0. The molecule has 116 valence electrons. The van der Waals surface area contributed by atoms with Gasteiger partial charge in [-0.05, 0) is 25.2 Å². The Balaban J connectivity index is 2.21. The van der Waals surface area contributed by atoms with Crippen molar-refractivity contribution in [3.8, 4) is 12.3 Å². The number of terminal acetylenes is 1. The molecule has 1 rings (SSSR count). The highest BCUT2D eigenvalue weighted by atomic mass is 16.5. The third-order valence-corrected chi connectivity index (χ3v) is 4.24. The van der Waals surface area contributed by atoms with Crippen molar-refractivity contribution in [3.05, 3.63) is 0 Å². The summed E-state index contributed by atoms with van der Waals surface area (Å²) in [5.74, 6) is 3.39. The van der Waals surface area contributed by atoms with E-state index in [0.717, 1.165) is 19.3 Å². The average molecular weight is 281 g/mol.